The molecule has 25 heteroatoms. The molecule has 13 nitrogen and oxygen atoms in total. The van der Waals surface area contributed by atoms with E-state index in [2.05, 4.69) is 87.7 Å². The quantitative estimate of drug-likeness (QED) is 0.0363. The normalized spacial score (nSPS) is 18.0. The third-order valence-corrected chi connectivity index (χ3v) is 25.6. The van der Waals surface area contributed by atoms with Crippen LogP contribution in [0.5, 0.6) is 5.75 Å². The van der Waals surface area contributed by atoms with Gasteiger partial charge in [-0.3, -0.25) is 30.3 Å². The van der Waals surface area contributed by atoms with Crippen molar-refractivity contribution >= 4 is 92.8 Å². The van der Waals surface area contributed by atoms with Crippen molar-refractivity contribution in [1.82, 2.24) is 30.7 Å². The molecule has 0 spiro atoms. The smallest absolute Gasteiger partial charge is 0.406 e. The third kappa shape index (κ3) is 22.4. The highest BCUT2D eigenvalue weighted by Crippen LogP contribution is 2.42. The van der Waals surface area contributed by atoms with Gasteiger partial charge in [-0.2, -0.15) is 0 Å². The summed E-state index contributed by atoms with van der Waals surface area (Å²) in [5.41, 5.74) is 9.02. The van der Waals surface area contributed by atoms with Crippen molar-refractivity contribution in [2.45, 2.75) is 157 Å². The second kappa shape index (κ2) is 39.2. The fraction of sp³-hybridized carbons (Fsp3) is 0.374. The molecule has 3 amide bonds. The van der Waals surface area contributed by atoms with E-state index in [-0.39, 0.29) is 75.1 Å². The van der Waals surface area contributed by atoms with E-state index < -0.39 is 29.4 Å². The number of halogens is 12. The molecule has 0 bridgehead atoms. The molecule has 0 radical (unpaired) electrons. The van der Waals surface area contributed by atoms with Crippen LogP contribution in [0.25, 0.3) is 33.4 Å². The van der Waals surface area contributed by atoms with Crippen LogP contribution in [0.4, 0.5) is 47.8 Å². The number of piperidine rings is 3. The Morgan fingerprint density at radius 2 is 0.655 bits per heavy atom. The number of nitrogens with zero attached hydrogens (tertiary/aromatic N) is 3. The Bertz CT molecular complexity index is 4820. The first-order chi connectivity index (χ1) is 55.8. The number of carbonyl (C=O) groups excluding carboxylic acids is 3. The molecule has 0 aromatic heterocycles. The summed E-state index contributed by atoms with van der Waals surface area (Å²) in [7, 11) is 0. The van der Waals surface area contributed by atoms with Crippen molar-refractivity contribution < 1.29 is 49.9 Å². The van der Waals surface area contributed by atoms with Crippen LogP contribution in [-0.2, 0) is 31.0 Å². The molecule has 9 aromatic rings. The molecule has 9 aromatic carbocycles. The standard InChI is InChI=1S/C31H32ClF4N3O2.C30H31Cl3FN3O.C30H32ClF2N3O/c32-27-19-24(11-14-28(27)33)38-29(40)20-37-30(15-17-39(18-16-30)25-3-1-2-4-25)23-9-5-21(6-10-23)22-7-12-26(13-8-22)41-31(34,35)36;31-25-11-7-21(17-26(25)32)20-5-8-22(9-6-20)30(13-15-37(16-14-30)24-3-1-2-4-24)35-19-29(38)36-23-10-12-28(34)27(33)18-23;31-27-19-25(12-13-28(27)33)35-29(37)20-34-30(14-16-36(17-15-30)26-6-1-2-7-26)23-10-8-21(9-11-23)22-4-3-5-24(32)18-22/h5-14,19,25,37H,1-4,15-18,20H2,(H,38,40);5-12,17-18,24,35H,1-4,13-16,19H2,(H,36,38);3-5,8-13,18-19,26,34H,1-2,6-7,14-17,20H2,(H,35,37). The molecule has 3 aliphatic carbocycles. The summed E-state index contributed by atoms with van der Waals surface area (Å²) < 4.78 is 95.8. The third-order valence-electron chi connectivity index (χ3n) is 24.0. The lowest BCUT2D eigenvalue weighted by molar-refractivity contribution is -0.274. The summed E-state index contributed by atoms with van der Waals surface area (Å²) in [5, 5.41) is 20.1. The Kier molecular flexibility index (Phi) is 29.0. The Balaban J connectivity index is 0.000000152. The highest BCUT2D eigenvalue weighted by Gasteiger charge is 2.42. The molecule has 15 rings (SSSR count). The molecule has 3 saturated carbocycles. The number of anilines is 3. The maximum absolute atomic E-state index is 13.7. The minimum Gasteiger partial charge on any atom is -0.406 e. The van der Waals surface area contributed by atoms with Crippen molar-refractivity contribution in [3.8, 4) is 39.1 Å². The fourth-order valence-electron chi connectivity index (χ4n) is 17.5. The molecule has 612 valence electrons. The molecular formula is C91H95Cl5F7N9O4. The highest BCUT2D eigenvalue weighted by molar-refractivity contribution is 6.42. The molecule has 116 heavy (non-hydrogen) atoms. The second-order valence-corrected chi connectivity index (χ2v) is 33.2. The zero-order valence-corrected chi connectivity index (χ0v) is 68.1. The van der Waals surface area contributed by atoms with Crippen LogP contribution in [0.2, 0.25) is 25.1 Å². The lowest BCUT2D eigenvalue weighted by atomic mass is 9.79. The van der Waals surface area contributed by atoms with Crippen LogP contribution in [0.3, 0.4) is 0 Å². The van der Waals surface area contributed by atoms with Gasteiger partial charge in [-0.1, -0.05) is 200 Å². The van der Waals surface area contributed by atoms with Gasteiger partial charge in [0.25, 0.3) is 0 Å². The van der Waals surface area contributed by atoms with E-state index in [1.165, 1.54) is 156 Å². The molecule has 3 saturated heterocycles. The van der Waals surface area contributed by atoms with Crippen molar-refractivity contribution in [3.63, 3.8) is 0 Å². The molecule has 3 heterocycles. The number of benzene rings is 9. The average molecular weight is 1690 g/mol. The summed E-state index contributed by atoms with van der Waals surface area (Å²) in [6.07, 6.45) is 15.8. The summed E-state index contributed by atoms with van der Waals surface area (Å²) in [6.45, 7) is 6.04. The van der Waals surface area contributed by atoms with Crippen molar-refractivity contribution in [1.29, 1.82) is 0 Å². The zero-order chi connectivity index (χ0) is 81.6. The first-order valence-electron chi connectivity index (χ1n) is 40.0. The molecule has 3 aliphatic heterocycles. The van der Waals surface area contributed by atoms with E-state index in [9.17, 15) is 45.1 Å². The summed E-state index contributed by atoms with van der Waals surface area (Å²) in [5.74, 6) is -2.78. The predicted octanol–water partition coefficient (Wildman–Crippen LogP) is 22.2. The van der Waals surface area contributed by atoms with Gasteiger partial charge < -0.3 is 35.4 Å². The summed E-state index contributed by atoms with van der Waals surface area (Å²) >= 11 is 29.9. The van der Waals surface area contributed by atoms with Crippen molar-refractivity contribution in [2.75, 3.05) is 74.9 Å². The number of ether oxygens (including phenoxy) is 1. The first kappa shape index (κ1) is 85.8. The van der Waals surface area contributed by atoms with Crippen LogP contribution in [0, 0.1) is 23.3 Å². The van der Waals surface area contributed by atoms with Crippen molar-refractivity contribution in [3.05, 3.63) is 259 Å². The van der Waals surface area contributed by atoms with Gasteiger partial charge >= 0.3 is 6.36 Å². The Labute approximate surface area is 698 Å². The van der Waals surface area contributed by atoms with Gasteiger partial charge in [0, 0.05) is 91.1 Å². The lowest BCUT2D eigenvalue weighted by Gasteiger charge is -2.45. The van der Waals surface area contributed by atoms with Crippen molar-refractivity contribution in [2.24, 2.45) is 0 Å². The van der Waals surface area contributed by atoms with Gasteiger partial charge in [-0.25, -0.2) is 17.6 Å². The van der Waals surface area contributed by atoms with Crippen LogP contribution < -0.4 is 36.6 Å². The lowest BCUT2D eigenvalue weighted by Crippen LogP contribution is -2.54. The number of likely N-dealkylation sites (tertiary alicyclic amines) is 3. The molecule has 0 atom stereocenters. The number of alkyl halides is 3. The number of nitrogens with one attached hydrogen (secondary N) is 6. The highest BCUT2D eigenvalue weighted by atomic mass is 35.5. The zero-order valence-electron chi connectivity index (χ0n) is 64.3. The van der Waals surface area contributed by atoms with Gasteiger partial charge in [0.15, 0.2) is 0 Å². The molecule has 6 N–H and O–H groups in total. The van der Waals surface area contributed by atoms with E-state index in [1.54, 1.807) is 18.2 Å². The van der Waals surface area contributed by atoms with Gasteiger partial charge in [0.05, 0.1) is 44.7 Å². The fourth-order valence-corrected chi connectivity index (χ4v) is 18.4. The predicted molar refractivity (Wildman–Crippen MR) is 451 cm³/mol. The number of carbonyl (C=O) groups is 3. The van der Waals surface area contributed by atoms with Crippen LogP contribution in [0.15, 0.2) is 194 Å². The largest absolute Gasteiger partial charge is 0.573 e. The Morgan fingerprint density at radius 3 is 0.957 bits per heavy atom. The molecule has 6 aliphatic rings. The average Bonchev–Trinajstić information content (AvgIpc) is 1.00. The topological polar surface area (TPSA) is 142 Å². The van der Waals surface area contributed by atoms with Gasteiger partial charge in [-0.05, 0) is 218 Å². The first-order valence-corrected chi connectivity index (χ1v) is 41.9. The summed E-state index contributed by atoms with van der Waals surface area (Å²) in [6, 6.07) is 57.0. The van der Waals surface area contributed by atoms with Crippen LogP contribution in [-0.4, -0.2) is 116 Å². The van der Waals surface area contributed by atoms with E-state index in [4.69, 9.17) is 58.0 Å². The molecule has 6 fully saturated rings. The Morgan fingerprint density at radius 1 is 0.353 bits per heavy atom. The number of hydrogen-bond acceptors (Lipinski definition) is 10. The van der Waals surface area contributed by atoms with Crippen LogP contribution >= 0.6 is 58.0 Å². The number of amides is 3. The maximum atomic E-state index is 13.7. The monoisotopic (exact) mass is 1690 g/mol. The SMILES string of the molecule is O=C(CNC1(c2ccc(-c3ccc(Cl)c(Cl)c3)cc2)CCN(C2CCCC2)CC1)Nc1ccc(F)c(Cl)c1.O=C(CNC1(c2ccc(-c3ccc(OC(F)(F)F)cc3)cc2)CCN(C2CCCC2)CC1)Nc1ccc(F)c(Cl)c1.O=C(CNC1(c2ccc(-c3cccc(F)c3)cc2)CCN(C2CCCC2)CC1)Nc1ccc(F)c(Cl)c1. The van der Waals surface area contributed by atoms with Gasteiger partial charge in [0.2, 0.25) is 17.7 Å². The molecular weight excluding hydrogens is 1590 g/mol. The van der Waals surface area contributed by atoms with Crippen LogP contribution in [0.1, 0.15) is 132 Å². The van der Waals surface area contributed by atoms with E-state index in [0.717, 1.165) is 128 Å². The number of hydrogen-bond donors (Lipinski definition) is 6. The minimum absolute atomic E-state index is 0.0198. The number of rotatable bonds is 22. The van der Waals surface area contributed by atoms with E-state index >= 15 is 0 Å². The van der Waals surface area contributed by atoms with E-state index in [1.807, 2.05) is 60.7 Å². The minimum atomic E-state index is -4.74. The summed E-state index contributed by atoms with van der Waals surface area (Å²) in [4.78, 5) is 46.3. The van der Waals surface area contributed by atoms with E-state index in [0.29, 0.717) is 45.2 Å². The molecule has 0 unspecified atom stereocenters. The maximum Gasteiger partial charge on any atom is 0.573 e. The Hall–Kier alpha value is -8.09. The second-order valence-electron chi connectivity index (χ2n) is 31.2. The van der Waals surface area contributed by atoms with Gasteiger partial charge in [-0.15, -0.1) is 13.2 Å². The van der Waals surface area contributed by atoms with Gasteiger partial charge in [0.1, 0.15) is 29.0 Å².